The SMILES string of the molecule is Cc1c(NC(=O)[C@@H](C)N(c2ccc(F)c(F)c2)S(C)(=O)=O)cccc1[N+](=O)[O-]. The van der Waals surface area contributed by atoms with Gasteiger partial charge in [0, 0.05) is 12.1 Å². The van der Waals surface area contributed by atoms with Crippen LogP contribution in [0.2, 0.25) is 0 Å². The maximum atomic E-state index is 13.6. The van der Waals surface area contributed by atoms with Crippen LogP contribution in [0.4, 0.5) is 25.8 Å². The van der Waals surface area contributed by atoms with Crippen LogP contribution in [0.15, 0.2) is 36.4 Å². The molecule has 0 heterocycles. The lowest BCUT2D eigenvalue weighted by molar-refractivity contribution is -0.385. The van der Waals surface area contributed by atoms with Gasteiger partial charge in [0.2, 0.25) is 15.9 Å². The van der Waals surface area contributed by atoms with E-state index in [-0.39, 0.29) is 22.6 Å². The van der Waals surface area contributed by atoms with Gasteiger partial charge < -0.3 is 5.32 Å². The van der Waals surface area contributed by atoms with Gasteiger partial charge >= 0.3 is 0 Å². The maximum absolute atomic E-state index is 13.6. The van der Waals surface area contributed by atoms with Gasteiger partial charge in [0.05, 0.1) is 28.1 Å². The number of carbonyl (C=O) groups excluding carboxylic acids is 1. The second kappa shape index (κ2) is 7.89. The number of hydrogen-bond donors (Lipinski definition) is 1. The lowest BCUT2D eigenvalue weighted by atomic mass is 10.1. The molecular weight excluding hydrogens is 396 g/mol. The average molecular weight is 413 g/mol. The first kappa shape index (κ1) is 21.2. The molecule has 1 amide bonds. The number of carbonyl (C=O) groups is 1. The Kier molecular flexibility index (Phi) is 5.98. The number of nitrogens with zero attached hydrogens (tertiary/aromatic N) is 2. The molecule has 0 aliphatic carbocycles. The van der Waals surface area contributed by atoms with Crippen molar-refractivity contribution in [3.05, 3.63) is 63.7 Å². The lowest BCUT2D eigenvalue weighted by Crippen LogP contribution is -2.45. The van der Waals surface area contributed by atoms with Gasteiger partial charge in [-0.25, -0.2) is 17.2 Å². The van der Waals surface area contributed by atoms with E-state index in [0.29, 0.717) is 10.4 Å². The number of anilines is 2. The molecule has 0 aliphatic heterocycles. The molecule has 0 aromatic heterocycles. The van der Waals surface area contributed by atoms with Crippen molar-refractivity contribution in [1.82, 2.24) is 0 Å². The number of amides is 1. The fraction of sp³-hybridized carbons (Fsp3) is 0.235. The summed E-state index contributed by atoms with van der Waals surface area (Å²) < 4.78 is 51.7. The van der Waals surface area contributed by atoms with Gasteiger partial charge in [-0.1, -0.05) is 6.07 Å². The van der Waals surface area contributed by atoms with Crippen molar-refractivity contribution in [2.45, 2.75) is 19.9 Å². The topological polar surface area (TPSA) is 110 Å². The normalized spacial score (nSPS) is 12.3. The molecule has 0 spiro atoms. The maximum Gasteiger partial charge on any atom is 0.274 e. The first-order valence-electron chi connectivity index (χ1n) is 7.92. The average Bonchev–Trinajstić information content (AvgIpc) is 2.58. The minimum Gasteiger partial charge on any atom is -0.324 e. The van der Waals surface area contributed by atoms with Crippen molar-refractivity contribution >= 4 is 33.0 Å². The van der Waals surface area contributed by atoms with E-state index in [4.69, 9.17) is 0 Å². The zero-order valence-corrected chi connectivity index (χ0v) is 16.0. The minimum absolute atomic E-state index is 0.129. The lowest BCUT2D eigenvalue weighted by Gasteiger charge is -2.28. The van der Waals surface area contributed by atoms with Crippen LogP contribution in [0.5, 0.6) is 0 Å². The Morgan fingerprint density at radius 2 is 1.86 bits per heavy atom. The zero-order chi connectivity index (χ0) is 21.2. The highest BCUT2D eigenvalue weighted by Crippen LogP contribution is 2.27. The van der Waals surface area contributed by atoms with E-state index in [0.717, 1.165) is 18.4 Å². The number of sulfonamides is 1. The van der Waals surface area contributed by atoms with Crippen molar-refractivity contribution in [2.75, 3.05) is 15.9 Å². The van der Waals surface area contributed by atoms with Crippen LogP contribution in [0, 0.1) is 28.7 Å². The molecule has 11 heteroatoms. The fourth-order valence-corrected chi connectivity index (χ4v) is 3.79. The highest BCUT2D eigenvalue weighted by atomic mass is 32.2. The van der Waals surface area contributed by atoms with Gasteiger partial charge in [-0.05, 0) is 32.0 Å². The molecule has 8 nitrogen and oxygen atoms in total. The minimum atomic E-state index is -4.04. The molecule has 150 valence electrons. The zero-order valence-electron chi connectivity index (χ0n) is 15.1. The van der Waals surface area contributed by atoms with Crippen LogP contribution in [0.1, 0.15) is 12.5 Å². The fourth-order valence-electron chi connectivity index (χ4n) is 2.62. The summed E-state index contributed by atoms with van der Waals surface area (Å²) in [5, 5.41) is 13.5. The van der Waals surface area contributed by atoms with E-state index < -0.39 is 38.5 Å². The van der Waals surface area contributed by atoms with Crippen molar-refractivity contribution < 1.29 is 26.9 Å². The van der Waals surface area contributed by atoms with Gasteiger partial charge in [-0.15, -0.1) is 0 Å². The number of rotatable bonds is 6. The summed E-state index contributed by atoms with van der Waals surface area (Å²) in [6.07, 6.45) is 0.816. The van der Waals surface area contributed by atoms with E-state index in [1.807, 2.05) is 0 Å². The monoisotopic (exact) mass is 413 g/mol. The summed E-state index contributed by atoms with van der Waals surface area (Å²) in [7, 11) is -4.04. The van der Waals surface area contributed by atoms with Gasteiger partial charge in [-0.2, -0.15) is 0 Å². The van der Waals surface area contributed by atoms with Crippen molar-refractivity contribution in [2.24, 2.45) is 0 Å². The molecule has 2 rings (SSSR count). The molecule has 0 bridgehead atoms. The van der Waals surface area contributed by atoms with Crippen LogP contribution in [0.25, 0.3) is 0 Å². The number of nitrogens with one attached hydrogen (secondary N) is 1. The predicted molar refractivity (Wildman–Crippen MR) is 99.6 cm³/mol. The molecule has 0 unspecified atom stereocenters. The number of nitro groups is 1. The molecule has 2 aromatic carbocycles. The number of benzene rings is 2. The molecular formula is C17H17F2N3O5S. The largest absolute Gasteiger partial charge is 0.324 e. The standard InChI is InChI=1S/C17H17F2N3O5S/c1-10-15(5-4-6-16(10)22(24)25)20-17(23)11(2)21(28(3,26)27)12-7-8-13(18)14(19)9-12/h4-9,11H,1-3H3,(H,20,23)/t11-/m1/s1. The van der Waals surface area contributed by atoms with Crippen LogP contribution in [0.3, 0.4) is 0 Å². The second-order valence-corrected chi connectivity index (χ2v) is 7.89. The van der Waals surface area contributed by atoms with Crippen molar-refractivity contribution in [3.8, 4) is 0 Å². The van der Waals surface area contributed by atoms with Crippen LogP contribution in [-0.2, 0) is 14.8 Å². The summed E-state index contributed by atoms with van der Waals surface area (Å²) in [5.41, 5.74) is -0.137. The first-order chi connectivity index (χ1) is 12.9. The predicted octanol–water partition coefficient (Wildman–Crippen LogP) is 2.97. The number of hydrogen-bond acceptors (Lipinski definition) is 5. The summed E-state index contributed by atoms with van der Waals surface area (Å²) in [4.78, 5) is 23.0. The van der Waals surface area contributed by atoms with Gasteiger partial charge in [0.1, 0.15) is 6.04 Å². The Bertz CT molecular complexity index is 1040. The highest BCUT2D eigenvalue weighted by molar-refractivity contribution is 7.92. The summed E-state index contributed by atoms with van der Waals surface area (Å²) in [6.45, 7) is 2.69. The quantitative estimate of drug-likeness (QED) is 0.578. The molecule has 2 aromatic rings. The Hall–Kier alpha value is -3.08. The first-order valence-corrected chi connectivity index (χ1v) is 9.77. The molecule has 0 saturated heterocycles. The van der Waals surface area contributed by atoms with Crippen LogP contribution < -0.4 is 9.62 Å². The Morgan fingerprint density at radius 3 is 2.39 bits per heavy atom. The van der Waals surface area contributed by atoms with Gasteiger partial charge in [0.25, 0.3) is 5.69 Å². The summed E-state index contributed by atoms with van der Waals surface area (Å²) >= 11 is 0. The molecule has 0 saturated carbocycles. The van der Waals surface area contributed by atoms with E-state index in [1.165, 1.54) is 32.0 Å². The smallest absolute Gasteiger partial charge is 0.274 e. The summed E-state index contributed by atoms with van der Waals surface area (Å²) in [5.74, 6) is -3.24. The highest BCUT2D eigenvalue weighted by Gasteiger charge is 2.30. The molecule has 28 heavy (non-hydrogen) atoms. The summed E-state index contributed by atoms with van der Waals surface area (Å²) in [6, 6.07) is 5.15. The Labute approximate surface area is 160 Å². The number of halogens is 2. The Balaban J connectivity index is 2.39. The van der Waals surface area contributed by atoms with E-state index in [2.05, 4.69) is 5.32 Å². The Morgan fingerprint density at radius 1 is 1.21 bits per heavy atom. The van der Waals surface area contributed by atoms with Gasteiger partial charge in [0.15, 0.2) is 11.6 Å². The van der Waals surface area contributed by atoms with Crippen molar-refractivity contribution in [3.63, 3.8) is 0 Å². The van der Waals surface area contributed by atoms with E-state index in [1.54, 1.807) is 0 Å². The third-order valence-electron chi connectivity index (χ3n) is 4.01. The third kappa shape index (κ3) is 4.42. The van der Waals surface area contributed by atoms with Crippen LogP contribution in [-0.4, -0.2) is 31.5 Å². The molecule has 1 N–H and O–H groups in total. The van der Waals surface area contributed by atoms with E-state index >= 15 is 0 Å². The molecule has 0 aliphatic rings. The van der Waals surface area contributed by atoms with Crippen molar-refractivity contribution in [1.29, 1.82) is 0 Å². The molecule has 1 atom stereocenters. The van der Waals surface area contributed by atoms with Gasteiger partial charge in [-0.3, -0.25) is 19.2 Å². The van der Waals surface area contributed by atoms with Crippen LogP contribution >= 0.6 is 0 Å². The molecule has 0 radical (unpaired) electrons. The number of nitro benzene ring substituents is 1. The molecule has 0 fully saturated rings. The second-order valence-electron chi connectivity index (χ2n) is 6.03. The van der Waals surface area contributed by atoms with E-state index in [9.17, 15) is 32.1 Å². The third-order valence-corrected chi connectivity index (χ3v) is 5.25.